The SMILES string of the molecule is CCNC(=NCCNC(=O)c1ccco1)N1CCN(c2ccccn2)CC1.I. The highest BCUT2D eigenvalue weighted by Gasteiger charge is 2.20. The predicted molar refractivity (Wildman–Crippen MR) is 120 cm³/mol. The van der Waals surface area contributed by atoms with Crippen molar-refractivity contribution in [3.05, 3.63) is 48.6 Å². The first-order valence-electron chi connectivity index (χ1n) is 9.29. The Balaban J connectivity index is 0.00000280. The topological polar surface area (TPSA) is 86.0 Å². The summed E-state index contributed by atoms with van der Waals surface area (Å²) in [5.74, 6) is 1.99. The second-order valence-electron chi connectivity index (χ2n) is 6.13. The van der Waals surface area contributed by atoms with Crippen LogP contribution in [0.4, 0.5) is 5.82 Å². The third kappa shape index (κ3) is 6.11. The Morgan fingerprint density at radius 3 is 2.64 bits per heavy atom. The fourth-order valence-electron chi connectivity index (χ4n) is 2.94. The molecule has 0 atom stereocenters. The van der Waals surface area contributed by atoms with Crippen LogP contribution in [0.1, 0.15) is 17.5 Å². The average molecular weight is 498 g/mol. The van der Waals surface area contributed by atoms with E-state index in [9.17, 15) is 4.79 Å². The van der Waals surface area contributed by atoms with E-state index in [-0.39, 0.29) is 29.9 Å². The van der Waals surface area contributed by atoms with Crippen molar-refractivity contribution in [3.8, 4) is 0 Å². The molecule has 152 valence electrons. The molecular formula is C19H27IN6O2. The van der Waals surface area contributed by atoms with E-state index in [1.807, 2.05) is 24.4 Å². The molecule has 8 nitrogen and oxygen atoms in total. The summed E-state index contributed by atoms with van der Waals surface area (Å²) in [6.45, 7) is 7.38. The van der Waals surface area contributed by atoms with Gasteiger partial charge >= 0.3 is 0 Å². The Labute approximate surface area is 182 Å². The second-order valence-corrected chi connectivity index (χ2v) is 6.13. The minimum Gasteiger partial charge on any atom is -0.459 e. The Hall–Kier alpha value is -2.30. The van der Waals surface area contributed by atoms with Crippen LogP contribution >= 0.6 is 24.0 Å². The Bertz CT molecular complexity index is 730. The van der Waals surface area contributed by atoms with Gasteiger partial charge in [-0.3, -0.25) is 9.79 Å². The molecule has 2 aromatic rings. The van der Waals surface area contributed by atoms with Crippen molar-refractivity contribution in [2.75, 3.05) is 50.7 Å². The highest BCUT2D eigenvalue weighted by Crippen LogP contribution is 2.12. The summed E-state index contributed by atoms with van der Waals surface area (Å²) in [7, 11) is 0. The van der Waals surface area contributed by atoms with Gasteiger partial charge in [-0.25, -0.2) is 4.98 Å². The third-order valence-electron chi connectivity index (χ3n) is 4.29. The van der Waals surface area contributed by atoms with E-state index in [0.717, 1.165) is 44.5 Å². The summed E-state index contributed by atoms with van der Waals surface area (Å²) < 4.78 is 5.08. The molecule has 0 radical (unpaired) electrons. The van der Waals surface area contributed by atoms with Gasteiger partial charge in [-0.05, 0) is 31.2 Å². The number of nitrogens with one attached hydrogen (secondary N) is 2. The molecule has 2 aromatic heterocycles. The van der Waals surface area contributed by atoms with Gasteiger partial charge in [0.15, 0.2) is 11.7 Å². The van der Waals surface area contributed by atoms with Gasteiger partial charge in [-0.15, -0.1) is 24.0 Å². The van der Waals surface area contributed by atoms with Crippen LogP contribution in [0.25, 0.3) is 0 Å². The monoisotopic (exact) mass is 498 g/mol. The number of guanidine groups is 1. The molecule has 1 aliphatic heterocycles. The molecule has 2 N–H and O–H groups in total. The van der Waals surface area contributed by atoms with Crippen LogP contribution < -0.4 is 15.5 Å². The number of amides is 1. The van der Waals surface area contributed by atoms with Crippen LogP contribution in [0, 0.1) is 0 Å². The van der Waals surface area contributed by atoms with Gasteiger partial charge < -0.3 is 24.9 Å². The Morgan fingerprint density at radius 1 is 1.18 bits per heavy atom. The van der Waals surface area contributed by atoms with Crippen LogP contribution in [-0.4, -0.2) is 67.6 Å². The number of hydrogen-bond acceptors (Lipinski definition) is 5. The highest BCUT2D eigenvalue weighted by atomic mass is 127. The Kier molecular flexibility index (Phi) is 9.05. The summed E-state index contributed by atoms with van der Waals surface area (Å²) in [6.07, 6.45) is 3.31. The molecule has 1 aliphatic rings. The van der Waals surface area contributed by atoms with Crippen LogP contribution in [0.15, 0.2) is 52.2 Å². The fraction of sp³-hybridized carbons (Fsp3) is 0.421. The molecule has 0 aromatic carbocycles. The Morgan fingerprint density at radius 2 is 2.00 bits per heavy atom. The van der Waals surface area contributed by atoms with Crippen molar-refractivity contribution < 1.29 is 9.21 Å². The van der Waals surface area contributed by atoms with Crippen molar-refractivity contribution in [1.82, 2.24) is 20.5 Å². The van der Waals surface area contributed by atoms with Crippen molar-refractivity contribution in [3.63, 3.8) is 0 Å². The number of rotatable bonds is 6. The quantitative estimate of drug-likeness (QED) is 0.274. The van der Waals surface area contributed by atoms with E-state index < -0.39 is 0 Å². The number of hydrogen-bond donors (Lipinski definition) is 2. The molecule has 3 heterocycles. The zero-order chi connectivity index (χ0) is 18.9. The zero-order valence-electron chi connectivity index (χ0n) is 16.0. The summed E-state index contributed by atoms with van der Waals surface area (Å²) in [6, 6.07) is 9.32. The third-order valence-corrected chi connectivity index (χ3v) is 4.29. The largest absolute Gasteiger partial charge is 0.459 e. The lowest BCUT2D eigenvalue weighted by Crippen LogP contribution is -2.52. The molecule has 0 aliphatic carbocycles. The molecule has 1 amide bonds. The number of piperazine rings is 1. The predicted octanol–water partition coefficient (Wildman–Crippen LogP) is 1.81. The maximum Gasteiger partial charge on any atom is 0.287 e. The van der Waals surface area contributed by atoms with Crippen molar-refractivity contribution in [2.24, 2.45) is 4.99 Å². The van der Waals surface area contributed by atoms with Gasteiger partial charge in [0.2, 0.25) is 0 Å². The minimum absolute atomic E-state index is 0. The fourth-order valence-corrected chi connectivity index (χ4v) is 2.94. The second kappa shape index (κ2) is 11.5. The molecule has 0 spiro atoms. The van der Waals surface area contributed by atoms with Crippen molar-refractivity contribution in [1.29, 1.82) is 0 Å². The number of nitrogens with zero attached hydrogens (tertiary/aromatic N) is 4. The molecule has 28 heavy (non-hydrogen) atoms. The molecule has 1 saturated heterocycles. The lowest BCUT2D eigenvalue weighted by molar-refractivity contribution is 0.0927. The van der Waals surface area contributed by atoms with E-state index >= 15 is 0 Å². The first kappa shape index (κ1) is 22.0. The smallest absolute Gasteiger partial charge is 0.287 e. The van der Waals surface area contributed by atoms with E-state index in [2.05, 4.69) is 37.3 Å². The van der Waals surface area contributed by atoms with Gasteiger partial charge in [-0.2, -0.15) is 0 Å². The maximum atomic E-state index is 11.9. The minimum atomic E-state index is -0.218. The van der Waals surface area contributed by atoms with Gasteiger partial charge in [0.25, 0.3) is 5.91 Å². The van der Waals surface area contributed by atoms with E-state index in [1.54, 1.807) is 12.1 Å². The van der Waals surface area contributed by atoms with Gasteiger partial charge in [0.05, 0.1) is 12.8 Å². The average Bonchev–Trinajstić information content (AvgIpc) is 3.26. The number of carbonyl (C=O) groups excluding carboxylic acids is 1. The molecule has 9 heteroatoms. The molecule has 0 saturated carbocycles. The van der Waals surface area contributed by atoms with Crippen LogP contribution in [0.2, 0.25) is 0 Å². The zero-order valence-corrected chi connectivity index (χ0v) is 18.3. The number of furan rings is 1. The lowest BCUT2D eigenvalue weighted by atomic mass is 10.3. The number of aromatic nitrogens is 1. The van der Waals surface area contributed by atoms with E-state index in [4.69, 9.17) is 4.42 Å². The normalized spacial score (nSPS) is 14.4. The van der Waals surface area contributed by atoms with Crippen LogP contribution in [0.3, 0.4) is 0 Å². The summed E-state index contributed by atoms with van der Waals surface area (Å²) in [5.41, 5.74) is 0. The summed E-state index contributed by atoms with van der Waals surface area (Å²) in [5, 5.41) is 6.14. The van der Waals surface area contributed by atoms with Crippen LogP contribution in [0.5, 0.6) is 0 Å². The number of aliphatic imine (C=N–C) groups is 1. The van der Waals surface area contributed by atoms with Gasteiger partial charge in [0.1, 0.15) is 5.82 Å². The summed E-state index contributed by atoms with van der Waals surface area (Å²) in [4.78, 5) is 25.4. The van der Waals surface area contributed by atoms with Gasteiger partial charge in [-0.1, -0.05) is 6.07 Å². The number of halogens is 1. The molecule has 1 fully saturated rings. The lowest BCUT2D eigenvalue weighted by Gasteiger charge is -2.37. The van der Waals surface area contributed by atoms with Crippen molar-refractivity contribution >= 4 is 41.7 Å². The number of pyridine rings is 1. The first-order chi connectivity index (χ1) is 13.3. The molecule has 0 unspecified atom stereocenters. The maximum absolute atomic E-state index is 11.9. The molecule has 3 rings (SSSR count). The highest BCUT2D eigenvalue weighted by molar-refractivity contribution is 14.0. The number of anilines is 1. The van der Waals surface area contributed by atoms with Crippen LogP contribution in [-0.2, 0) is 0 Å². The standard InChI is InChI=1S/C19H26N6O2.HI/c1-2-20-19(23-10-9-22-18(26)16-6-5-15-27-16)25-13-11-24(12-14-25)17-7-3-4-8-21-17;/h3-8,15H,2,9-14H2,1H3,(H,20,23)(H,22,26);1H. The van der Waals surface area contributed by atoms with E-state index in [1.165, 1.54) is 6.26 Å². The van der Waals surface area contributed by atoms with Crippen molar-refractivity contribution in [2.45, 2.75) is 6.92 Å². The molecule has 0 bridgehead atoms. The van der Waals surface area contributed by atoms with E-state index in [0.29, 0.717) is 18.8 Å². The molecular weight excluding hydrogens is 471 g/mol. The first-order valence-corrected chi connectivity index (χ1v) is 9.29. The van der Waals surface area contributed by atoms with Gasteiger partial charge in [0, 0.05) is 45.5 Å². The summed E-state index contributed by atoms with van der Waals surface area (Å²) >= 11 is 0. The number of carbonyl (C=O) groups is 1.